The molecular formula is C29H34N6O2. The Bertz CT molecular complexity index is 1340. The van der Waals surface area contributed by atoms with Crippen molar-refractivity contribution in [2.75, 3.05) is 44.7 Å². The summed E-state index contributed by atoms with van der Waals surface area (Å²) in [6, 6.07) is 19.6. The second-order valence-corrected chi connectivity index (χ2v) is 9.28. The third-order valence-corrected chi connectivity index (χ3v) is 6.85. The third-order valence-electron chi connectivity index (χ3n) is 6.85. The molecule has 0 saturated carbocycles. The van der Waals surface area contributed by atoms with Crippen molar-refractivity contribution in [2.24, 2.45) is 0 Å². The maximum atomic E-state index is 13.4. The molecule has 5 rings (SSSR count). The third kappa shape index (κ3) is 5.29. The number of aromatic nitrogens is 3. The van der Waals surface area contributed by atoms with Crippen molar-refractivity contribution in [3.8, 4) is 11.4 Å². The van der Waals surface area contributed by atoms with Gasteiger partial charge in [0, 0.05) is 50.5 Å². The molecule has 1 amide bonds. The number of rotatable bonds is 8. The molecule has 1 fully saturated rings. The largest absolute Gasteiger partial charge is 0.494 e. The standard InChI is InChI=1S/C29H34N6O2/c1-3-15-31-29(36)27(24-14-19-35(32-24)23-10-5-4-6-11-23)33-17-8-18-34(21-20-33)28-25(37-2)13-12-22-9-7-16-30-26(22)28/h4-7,9-14,16,19,27H,3,8,15,17-18,20-21H2,1-2H3,(H,31,36). The van der Waals surface area contributed by atoms with Gasteiger partial charge in [-0.15, -0.1) is 0 Å². The number of carbonyl (C=O) groups is 1. The summed E-state index contributed by atoms with van der Waals surface area (Å²) >= 11 is 0. The molecule has 2 aromatic heterocycles. The Morgan fingerprint density at radius 3 is 2.70 bits per heavy atom. The lowest BCUT2D eigenvalue weighted by atomic mass is 10.1. The van der Waals surface area contributed by atoms with E-state index in [0.29, 0.717) is 6.54 Å². The topological polar surface area (TPSA) is 75.5 Å². The Kier molecular flexibility index (Phi) is 7.65. The average molecular weight is 499 g/mol. The molecule has 37 heavy (non-hydrogen) atoms. The Hall–Kier alpha value is -3.91. The van der Waals surface area contributed by atoms with Crippen molar-refractivity contribution in [1.82, 2.24) is 25.0 Å². The van der Waals surface area contributed by atoms with E-state index in [1.165, 1.54) is 0 Å². The molecule has 0 spiro atoms. The van der Waals surface area contributed by atoms with Crippen LogP contribution >= 0.6 is 0 Å². The van der Waals surface area contributed by atoms with E-state index in [0.717, 1.165) is 72.7 Å². The van der Waals surface area contributed by atoms with Crippen LogP contribution in [0.5, 0.6) is 5.75 Å². The predicted octanol–water partition coefficient (Wildman–Crippen LogP) is 4.21. The van der Waals surface area contributed by atoms with Gasteiger partial charge in [0.15, 0.2) is 0 Å². The van der Waals surface area contributed by atoms with E-state index in [2.05, 4.69) is 33.1 Å². The van der Waals surface area contributed by atoms with Gasteiger partial charge in [0.25, 0.3) is 0 Å². The van der Waals surface area contributed by atoms with Crippen LogP contribution in [0.2, 0.25) is 0 Å². The maximum absolute atomic E-state index is 13.4. The Morgan fingerprint density at radius 1 is 1.03 bits per heavy atom. The number of methoxy groups -OCH3 is 1. The number of nitrogens with one attached hydrogen (secondary N) is 1. The minimum absolute atomic E-state index is 0.00183. The molecule has 4 aromatic rings. The van der Waals surface area contributed by atoms with Crippen LogP contribution in [0.25, 0.3) is 16.6 Å². The number of para-hydroxylation sites is 1. The predicted molar refractivity (Wildman–Crippen MR) is 146 cm³/mol. The van der Waals surface area contributed by atoms with Crippen LogP contribution < -0.4 is 15.0 Å². The summed E-state index contributed by atoms with van der Waals surface area (Å²) in [5, 5.41) is 9.03. The van der Waals surface area contributed by atoms with Crippen LogP contribution in [0.4, 0.5) is 5.69 Å². The SMILES string of the molecule is CCCNC(=O)C(c1ccn(-c2ccccc2)n1)N1CCCN(c2c(OC)ccc3cccnc23)CC1. The number of anilines is 1. The lowest BCUT2D eigenvalue weighted by Crippen LogP contribution is -2.43. The number of ether oxygens (including phenoxy) is 1. The van der Waals surface area contributed by atoms with Crippen LogP contribution in [0.15, 0.2) is 73.1 Å². The highest BCUT2D eigenvalue weighted by Gasteiger charge is 2.32. The summed E-state index contributed by atoms with van der Waals surface area (Å²) in [6.07, 6.45) is 5.55. The van der Waals surface area contributed by atoms with Crippen molar-refractivity contribution in [1.29, 1.82) is 0 Å². The van der Waals surface area contributed by atoms with Crippen molar-refractivity contribution in [2.45, 2.75) is 25.8 Å². The number of amides is 1. The maximum Gasteiger partial charge on any atom is 0.243 e. The molecule has 1 unspecified atom stereocenters. The van der Waals surface area contributed by atoms with E-state index in [-0.39, 0.29) is 5.91 Å². The summed E-state index contributed by atoms with van der Waals surface area (Å²) in [7, 11) is 1.70. The van der Waals surface area contributed by atoms with Crippen molar-refractivity contribution in [3.63, 3.8) is 0 Å². The molecule has 0 radical (unpaired) electrons. The minimum atomic E-state index is -0.455. The Labute approximate surface area is 217 Å². The quantitative estimate of drug-likeness (QED) is 0.392. The number of fused-ring (bicyclic) bond motifs is 1. The molecule has 1 aliphatic heterocycles. The fraction of sp³-hybridized carbons (Fsp3) is 0.345. The van der Waals surface area contributed by atoms with Crippen LogP contribution in [-0.4, -0.2) is 65.4 Å². The number of hydrogen-bond donors (Lipinski definition) is 1. The van der Waals surface area contributed by atoms with Gasteiger partial charge >= 0.3 is 0 Å². The second kappa shape index (κ2) is 11.4. The van der Waals surface area contributed by atoms with E-state index in [1.54, 1.807) is 7.11 Å². The van der Waals surface area contributed by atoms with Gasteiger partial charge in [0.1, 0.15) is 17.5 Å². The molecule has 1 N–H and O–H groups in total. The monoisotopic (exact) mass is 498 g/mol. The van der Waals surface area contributed by atoms with E-state index in [4.69, 9.17) is 9.84 Å². The highest BCUT2D eigenvalue weighted by molar-refractivity contribution is 5.94. The molecule has 0 bridgehead atoms. The van der Waals surface area contributed by atoms with Crippen LogP contribution in [0.1, 0.15) is 31.5 Å². The van der Waals surface area contributed by atoms with Gasteiger partial charge in [-0.25, -0.2) is 4.68 Å². The first-order valence-electron chi connectivity index (χ1n) is 13.0. The van der Waals surface area contributed by atoms with Crippen molar-refractivity contribution < 1.29 is 9.53 Å². The number of pyridine rings is 1. The van der Waals surface area contributed by atoms with Crippen LogP contribution in [0, 0.1) is 0 Å². The second-order valence-electron chi connectivity index (χ2n) is 9.28. The minimum Gasteiger partial charge on any atom is -0.494 e. The van der Waals surface area contributed by atoms with Gasteiger partial charge in [-0.1, -0.05) is 31.2 Å². The molecule has 8 nitrogen and oxygen atoms in total. The molecule has 2 aromatic carbocycles. The number of benzene rings is 2. The highest BCUT2D eigenvalue weighted by atomic mass is 16.5. The summed E-state index contributed by atoms with van der Waals surface area (Å²) in [5.74, 6) is 0.816. The smallest absolute Gasteiger partial charge is 0.243 e. The molecular weight excluding hydrogens is 464 g/mol. The van der Waals surface area contributed by atoms with E-state index >= 15 is 0 Å². The summed E-state index contributed by atoms with van der Waals surface area (Å²) in [5.41, 5.74) is 3.69. The first-order chi connectivity index (χ1) is 18.2. The van der Waals surface area contributed by atoms with Crippen molar-refractivity contribution in [3.05, 3.63) is 78.8 Å². The molecule has 0 aliphatic carbocycles. The summed E-state index contributed by atoms with van der Waals surface area (Å²) < 4.78 is 7.59. The zero-order valence-corrected chi connectivity index (χ0v) is 21.5. The highest BCUT2D eigenvalue weighted by Crippen LogP contribution is 2.36. The zero-order valence-electron chi connectivity index (χ0n) is 21.5. The molecule has 1 atom stereocenters. The fourth-order valence-electron chi connectivity index (χ4n) is 5.04. The Balaban J connectivity index is 1.42. The van der Waals surface area contributed by atoms with Gasteiger partial charge in [-0.05, 0) is 49.2 Å². The number of carbonyl (C=O) groups excluding carboxylic acids is 1. The summed E-state index contributed by atoms with van der Waals surface area (Å²) in [6.45, 7) is 5.82. The zero-order chi connectivity index (χ0) is 25.6. The Morgan fingerprint density at radius 2 is 1.89 bits per heavy atom. The van der Waals surface area contributed by atoms with E-state index < -0.39 is 6.04 Å². The molecule has 3 heterocycles. The van der Waals surface area contributed by atoms with Gasteiger partial charge in [0.2, 0.25) is 5.91 Å². The fourth-order valence-corrected chi connectivity index (χ4v) is 5.04. The normalized spacial score (nSPS) is 15.4. The van der Waals surface area contributed by atoms with Crippen LogP contribution in [0.3, 0.4) is 0 Å². The molecule has 192 valence electrons. The first kappa shape index (κ1) is 24.8. The van der Waals surface area contributed by atoms with E-state index in [9.17, 15) is 4.79 Å². The van der Waals surface area contributed by atoms with Gasteiger partial charge in [-0.3, -0.25) is 14.7 Å². The first-order valence-corrected chi connectivity index (χ1v) is 13.0. The number of nitrogens with zero attached hydrogens (tertiary/aromatic N) is 5. The van der Waals surface area contributed by atoms with Crippen molar-refractivity contribution >= 4 is 22.5 Å². The average Bonchev–Trinajstić information content (AvgIpc) is 3.30. The lowest BCUT2D eigenvalue weighted by Gasteiger charge is -2.29. The lowest BCUT2D eigenvalue weighted by molar-refractivity contribution is -0.126. The van der Waals surface area contributed by atoms with Gasteiger partial charge in [0.05, 0.1) is 24.0 Å². The number of hydrogen-bond acceptors (Lipinski definition) is 6. The molecule has 1 saturated heterocycles. The van der Waals surface area contributed by atoms with Gasteiger partial charge in [-0.2, -0.15) is 5.10 Å². The molecule has 8 heteroatoms. The summed E-state index contributed by atoms with van der Waals surface area (Å²) in [4.78, 5) is 22.7. The van der Waals surface area contributed by atoms with E-state index in [1.807, 2.05) is 71.7 Å². The van der Waals surface area contributed by atoms with Gasteiger partial charge < -0.3 is 15.0 Å². The molecule has 1 aliphatic rings. The van der Waals surface area contributed by atoms with Crippen LogP contribution in [-0.2, 0) is 4.79 Å².